The predicted molar refractivity (Wildman–Crippen MR) is 124 cm³/mol. The molecule has 3 aliphatic rings. The average molecular weight is 416 g/mol. The molecule has 0 radical (unpaired) electrons. The molecule has 3 N–H and O–H groups in total. The van der Waals surface area contributed by atoms with Crippen LogP contribution in [0.1, 0.15) is 67.8 Å². The molecule has 0 bridgehead atoms. The molecule has 31 heavy (non-hydrogen) atoms. The molecule has 1 saturated heterocycles. The van der Waals surface area contributed by atoms with Crippen LogP contribution in [0.4, 0.5) is 0 Å². The van der Waals surface area contributed by atoms with E-state index in [0.29, 0.717) is 12.2 Å². The van der Waals surface area contributed by atoms with E-state index in [1.165, 1.54) is 22.3 Å². The molecule has 4 atom stereocenters. The minimum absolute atomic E-state index is 0.00496. The van der Waals surface area contributed by atoms with Crippen molar-refractivity contribution in [2.75, 3.05) is 0 Å². The van der Waals surface area contributed by atoms with Gasteiger partial charge in [-0.15, -0.1) is 0 Å². The Morgan fingerprint density at radius 2 is 1.61 bits per heavy atom. The summed E-state index contributed by atoms with van der Waals surface area (Å²) in [6, 6.07) is 17.8. The van der Waals surface area contributed by atoms with Gasteiger partial charge in [-0.25, -0.2) is 10.9 Å². The molecule has 2 aliphatic heterocycles. The van der Waals surface area contributed by atoms with E-state index in [1.807, 2.05) is 0 Å². The number of hydrogen-bond donors (Lipinski definition) is 3. The molecule has 0 amide bonds. The predicted octanol–water partition coefficient (Wildman–Crippen LogP) is 4.68. The second kappa shape index (κ2) is 7.61. The number of aryl methyl sites for hydroxylation is 2. The lowest BCUT2D eigenvalue weighted by Crippen LogP contribution is -2.51. The fourth-order valence-corrected chi connectivity index (χ4v) is 5.72. The molecular weight excluding hydrogens is 382 g/mol. The Balaban J connectivity index is 1.61. The number of Topliss-reactive ketones (excluding diaryl/α,β-unsaturated/α-hetero) is 1. The third-order valence-corrected chi connectivity index (χ3v) is 7.29. The standard InChI is InChI=1S/C27H33N3O/c1-5-17-8-12-19(13-9-17)25-24-22(18-10-6-16(2)7-11-18)23-20(28-26(24)30-29-25)14-27(3,4)15-21(23)31/h6-13,22,24-26,28-30H,5,14-15H2,1-4H3. The minimum Gasteiger partial charge on any atom is -0.371 e. The summed E-state index contributed by atoms with van der Waals surface area (Å²) in [6.45, 7) is 8.69. The van der Waals surface area contributed by atoms with Crippen LogP contribution in [0.25, 0.3) is 0 Å². The van der Waals surface area contributed by atoms with Crippen LogP contribution in [-0.2, 0) is 11.2 Å². The Morgan fingerprint density at radius 3 is 2.29 bits per heavy atom. The van der Waals surface area contributed by atoms with E-state index in [9.17, 15) is 4.79 Å². The van der Waals surface area contributed by atoms with Crippen molar-refractivity contribution < 1.29 is 4.79 Å². The highest BCUT2D eigenvalue weighted by atomic mass is 16.1. The highest BCUT2D eigenvalue weighted by Crippen LogP contribution is 2.51. The summed E-state index contributed by atoms with van der Waals surface area (Å²) in [5.74, 6) is 0.581. The van der Waals surface area contributed by atoms with E-state index in [2.05, 4.69) is 92.4 Å². The Morgan fingerprint density at radius 1 is 0.935 bits per heavy atom. The Bertz CT molecular complexity index is 1020. The maximum absolute atomic E-state index is 13.5. The van der Waals surface area contributed by atoms with Crippen LogP contribution >= 0.6 is 0 Å². The van der Waals surface area contributed by atoms with Gasteiger partial charge in [0.2, 0.25) is 0 Å². The Kier molecular flexibility index (Phi) is 5.03. The first kappa shape index (κ1) is 20.5. The number of ketones is 1. The molecule has 2 aromatic carbocycles. The maximum Gasteiger partial charge on any atom is 0.161 e. The summed E-state index contributed by atoms with van der Waals surface area (Å²) in [5, 5.41) is 3.72. The molecule has 1 aliphatic carbocycles. The number of hydrazine groups is 1. The van der Waals surface area contributed by atoms with Gasteiger partial charge in [-0.3, -0.25) is 4.79 Å². The molecule has 0 aromatic heterocycles. The quantitative estimate of drug-likeness (QED) is 0.681. The van der Waals surface area contributed by atoms with Crippen molar-refractivity contribution in [1.82, 2.24) is 16.2 Å². The first-order chi connectivity index (χ1) is 14.9. The van der Waals surface area contributed by atoms with Crippen LogP contribution in [0.3, 0.4) is 0 Å². The van der Waals surface area contributed by atoms with Gasteiger partial charge in [-0.2, -0.15) is 0 Å². The van der Waals surface area contributed by atoms with Crippen molar-refractivity contribution >= 4 is 5.78 Å². The third kappa shape index (κ3) is 3.62. The van der Waals surface area contributed by atoms with Gasteiger partial charge in [0.1, 0.15) is 0 Å². The molecule has 1 fully saturated rings. The van der Waals surface area contributed by atoms with Gasteiger partial charge >= 0.3 is 0 Å². The van der Waals surface area contributed by atoms with Gasteiger partial charge in [0.05, 0.1) is 12.2 Å². The average Bonchev–Trinajstić information content (AvgIpc) is 3.15. The zero-order chi connectivity index (χ0) is 21.8. The molecule has 5 rings (SSSR count). The SMILES string of the molecule is CCc1ccc(C2NNC3NC4=C(C(=O)CC(C)(C)C4)C(c4ccc(C)cc4)C32)cc1. The van der Waals surface area contributed by atoms with E-state index in [1.54, 1.807) is 0 Å². The molecule has 162 valence electrons. The lowest BCUT2D eigenvalue weighted by molar-refractivity contribution is -0.118. The molecular formula is C27H33N3O. The van der Waals surface area contributed by atoms with E-state index in [4.69, 9.17) is 0 Å². The fraction of sp³-hybridized carbons (Fsp3) is 0.444. The lowest BCUT2D eigenvalue weighted by Gasteiger charge is -2.44. The van der Waals surface area contributed by atoms with E-state index in [0.717, 1.165) is 24.1 Å². The van der Waals surface area contributed by atoms with Crippen LogP contribution in [0, 0.1) is 18.3 Å². The molecule has 4 nitrogen and oxygen atoms in total. The van der Waals surface area contributed by atoms with Crippen molar-refractivity contribution in [3.05, 3.63) is 82.1 Å². The zero-order valence-electron chi connectivity index (χ0n) is 19.0. The van der Waals surface area contributed by atoms with Crippen LogP contribution < -0.4 is 16.2 Å². The largest absolute Gasteiger partial charge is 0.371 e. The van der Waals surface area contributed by atoms with Crippen LogP contribution in [0.5, 0.6) is 0 Å². The second-order valence-corrected chi connectivity index (χ2v) is 10.3. The summed E-state index contributed by atoms with van der Waals surface area (Å²) < 4.78 is 0. The first-order valence-corrected chi connectivity index (χ1v) is 11.6. The lowest BCUT2D eigenvalue weighted by atomic mass is 9.65. The molecule has 2 heterocycles. The molecule has 0 spiro atoms. The minimum atomic E-state index is -0.00496. The smallest absolute Gasteiger partial charge is 0.161 e. The number of carbonyl (C=O) groups excluding carboxylic acids is 1. The number of carbonyl (C=O) groups is 1. The summed E-state index contributed by atoms with van der Waals surface area (Å²) in [7, 11) is 0. The van der Waals surface area contributed by atoms with E-state index in [-0.39, 0.29) is 29.5 Å². The number of rotatable bonds is 3. The van der Waals surface area contributed by atoms with Crippen LogP contribution in [-0.4, -0.2) is 11.9 Å². The maximum atomic E-state index is 13.5. The van der Waals surface area contributed by atoms with Gasteiger partial charge in [0.25, 0.3) is 0 Å². The monoisotopic (exact) mass is 415 g/mol. The van der Waals surface area contributed by atoms with Crippen molar-refractivity contribution in [2.24, 2.45) is 11.3 Å². The summed E-state index contributed by atoms with van der Waals surface area (Å²) >= 11 is 0. The van der Waals surface area contributed by atoms with Gasteiger partial charge in [-0.05, 0) is 41.9 Å². The van der Waals surface area contributed by atoms with Crippen LogP contribution in [0.15, 0.2) is 59.8 Å². The highest BCUT2D eigenvalue weighted by molar-refractivity contribution is 5.99. The van der Waals surface area contributed by atoms with Gasteiger partial charge in [-0.1, -0.05) is 74.9 Å². The number of allylic oxidation sites excluding steroid dienone is 2. The summed E-state index contributed by atoms with van der Waals surface area (Å²) in [4.78, 5) is 13.5. The van der Waals surface area contributed by atoms with Crippen molar-refractivity contribution in [3.63, 3.8) is 0 Å². The Labute approximate surface area is 185 Å². The normalized spacial score (nSPS) is 29.4. The molecule has 2 aromatic rings. The van der Waals surface area contributed by atoms with Crippen molar-refractivity contribution in [2.45, 2.75) is 65.1 Å². The molecule has 0 saturated carbocycles. The number of fused-ring (bicyclic) bond motifs is 1. The van der Waals surface area contributed by atoms with Gasteiger partial charge < -0.3 is 5.32 Å². The third-order valence-electron chi connectivity index (χ3n) is 7.29. The van der Waals surface area contributed by atoms with Gasteiger partial charge in [0.15, 0.2) is 5.78 Å². The van der Waals surface area contributed by atoms with Gasteiger partial charge in [0, 0.05) is 29.5 Å². The van der Waals surface area contributed by atoms with Crippen LogP contribution in [0.2, 0.25) is 0 Å². The fourth-order valence-electron chi connectivity index (χ4n) is 5.72. The first-order valence-electron chi connectivity index (χ1n) is 11.6. The number of benzene rings is 2. The molecule has 4 unspecified atom stereocenters. The van der Waals surface area contributed by atoms with Crippen molar-refractivity contribution in [1.29, 1.82) is 0 Å². The second-order valence-electron chi connectivity index (χ2n) is 10.3. The topological polar surface area (TPSA) is 53.2 Å². The molecule has 4 heteroatoms. The van der Waals surface area contributed by atoms with E-state index < -0.39 is 0 Å². The number of hydrogen-bond acceptors (Lipinski definition) is 4. The van der Waals surface area contributed by atoms with E-state index >= 15 is 0 Å². The highest BCUT2D eigenvalue weighted by Gasteiger charge is 2.51. The zero-order valence-corrected chi connectivity index (χ0v) is 19.0. The van der Waals surface area contributed by atoms with Crippen molar-refractivity contribution in [3.8, 4) is 0 Å². The summed E-state index contributed by atoms with van der Waals surface area (Å²) in [5.41, 5.74) is 14.3. The number of nitrogens with one attached hydrogen (secondary N) is 3. The Hall–Kier alpha value is -2.43. The summed E-state index contributed by atoms with van der Waals surface area (Å²) in [6.07, 6.45) is 2.65.